The van der Waals surface area contributed by atoms with Gasteiger partial charge in [-0.25, -0.2) is 14.8 Å². The number of halogens is 2. The number of nitrogens with two attached hydrogens (primary N) is 1. The molecule has 0 amide bonds. The van der Waals surface area contributed by atoms with E-state index in [1.165, 1.54) is 6.20 Å². The number of nitrogens with zero attached hydrogens (tertiary/aromatic N) is 2. The van der Waals surface area contributed by atoms with Gasteiger partial charge in [-0.1, -0.05) is 0 Å². The van der Waals surface area contributed by atoms with Crippen LogP contribution in [0, 0.1) is 0 Å². The lowest BCUT2D eigenvalue weighted by molar-refractivity contribution is -0.152. The zero-order valence-electron chi connectivity index (χ0n) is 6.65. The van der Waals surface area contributed by atoms with Gasteiger partial charge in [-0.05, 0) is 11.8 Å². The number of anilines is 1. The molecular formula is C6H5F2N3O2S. The molecule has 0 radical (unpaired) electrons. The Morgan fingerprint density at radius 1 is 1.50 bits per heavy atom. The van der Waals surface area contributed by atoms with Crippen molar-refractivity contribution in [3.05, 3.63) is 12.4 Å². The predicted molar refractivity (Wildman–Crippen MR) is 44.9 cm³/mol. The van der Waals surface area contributed by atoms with Crippen LogP contribution in [0.2, 0.25) is 0 Å². The van der Waals surface area contributed by atoms with Crippen molar-refractivity contribution in [1.29, 1.82) is 0 Å². The fourth-order valence-electron chi connectivity index (χ4n) is 0.580. The summed E-state index contributed by atoms with van der Waals surface area (Å²) in [6.45, 7) is 0. The lowest BCUT2D eigenvalue weighted by Crippen LogP contribution is -2.24. The molecule has 0 aliphatic heterocycles. The minimum absolute atomic E-state index is 0.224. The van der Waals surface area contributed by atoms with Gasteiger partial charge in [0.2, 0.25) is 0 Å². The van der Waals surface area contributed by atoms with Crippen molar-refractivity contribution in [2.75, 3.05) is 5.73 Å². The van der Waals surface area contributed by atoms with Crippen LogP contribution < -0.4 is 5.73 Å². The first-order valence-electron chi connectivity index (χ1n) is 3.30. The van der Waals surface area contributed by atoms with Crippen molar-refractivity contribution in [3.63, 3.8) is 0 Å². The monoisotopic (exact) mass is 221 g/mol. The number of nitrogen functional groups attached to an aromatic ring is 1. The minimum atomic E-state index is -3.95. The molecule has 0 spiro atoms. The minimum Gasteiger partial charge on any atom is -0.476 e. The molecule has 0 aliphatic carbocycles. The Hall–Kier alpha value is -1.44. The molecule has 0 fully saturated rings. The van der Waals surface area contributed by atoms with Gasteiger partial charge >= 0.3 is 11.2 Å². The van der Waals surface area contributed by atoms with E-state index in [-0.39, 0.29) is 22.6 Å². The van der Waals surface area contributed by atoms with Crippen molar-refractivity contribution in [3.8, 4) is 0 Å². The molecular weight excluding hydrogens is 216 g/mol. The molecule has 14 heavy (non-hydrogen) atoms. The first-order valence-corrected chi connectivity index (χ1v) is 4.12. The third-order valence-corrected chi connectivity index (χ3v) is 2.10. The molecule has 1 aromatic heterocycles. The van der Waals surface area contributed by atoms with E-state index in [2.05, 4.69) is 9.97 Å². The van der Waals surface area contributed by atoms with Crippen LogP contribution in [0.5, 0.6) is 0 Å². The molecule has 0 aliphatic rings. The molecule has 0 saturated heterocycles. The zero-order valence-corrected chi connectivity index (χ0v) is 7.46. The molecule has 1 heterocycles. The van der Waals surface area contributed by atoms with Crippen LogP contribution in [-0.2, 0) is 4.79 Å². The predicted octanol–water partition coefficient (Wildman–Crippen LogP) is 0.828. The van der Waals surface area contributed by atoms with Crippen LogP contribution in [0.25, 0.3) is 0 Å². The summed E-state index contributed by atoms with van der Waals surface area (Å²) in [6, 6.07) is 0. The highest BCUT2D eigenvalue weighted by molar-refractivity contribution is 8.01. The van der Waals surface area contributed by atoms with Crippen molar-refractivity contribution < 1.29 is 18.7 Å². The van der Waals surface area contributed by atoms with E-state index in [0.29, 0.717) is 0 Å². The highest BCUT2D eigenvalue weighted by Crippen LogP contribution is 2.36. The second kappa shape index (κ2) is 3.74. The Balaban J connectivity index is 2.89. The number of alkyl halides is 2. The molecule has 5 nitrogen and oxygen atoms in total. The molecule has 1 rings (SSSR count). The number of carboxylic acid groups (broad SMARTS) is 1. The third-order valence-electron chi connectivity index (χ3n) is 1.17. The van der Waals surface area contributed by atoms with Crippen molar-refractivity contribution in [1.82, 2.24) is 9.97 Å². The van der Waals surface area contributed by atoms with Gasteiger partial charge in [0.15, 0.2) is 5.82 Å². The van der Waals surface area contributed by atoms with Gasteiger partial charge in [0.1, 0.15) is 5.03 Å². The maximum Gasteiger partial charge on any atom is 0.394 e. The molecule has 0 unspecified atom stereocenters. The highest BCUT2D eigenvalue weighted by Gasteiger charge is 2.41. The Morgan fingerprint density at radius 2 is 2.07 bits per heavy atom. The summed E-state index contributed by atoms with van der Waals surface area (Å²) in [5.41, 5.74) is 5.21. The number of carbonyl (C=O) groups is 1. The van der Waals surface area contributed by atoms with Crippen LogP contribution >= 0.6 is 11.8 Å². The second-order valence-corrected chi connectivity index (χ2v) is 3.27. The molecule has 0 saturated carbocycles. The van der Waals surface area contributed by atoms with Gasteiger partial charge in [-0.3, -0.25) is 0 Å². The SMILES string of the molecule is Nc1nccnc1SC(F)(F)C(=O)O. The number of hydrogen-bond acceptors (Lipinski definition) is 5. The summed E-state index contributed by atoms with van der Waals surface area (Å²) in [5, 5.41) is 3.87. The second-order valence-electron chi connectivity index (χ2n) is 2.17. The maximum absolute atomic E-state index is 12.7. The molecule has 1 aromatic rings. The van der Waals surface area contributed by atoms with E-state index in [4.69, 9.17) is 10.8 Å². The van der Waals surface area contributed by atoms with Crippen LogP contribution in [0.4, 0.5) is 14.6 Å². The Morgan fingerprint density at radius 3 is 2.57 bits per heavy atom. The summed E-state index contributed by atoms with van der Waals surface area (Å²) in [6.07, 6.45) is 2.37. The largest absolute Gasteiger partial charge is 0.476 e. The Bertz CT molecular complexity index is 361. The van der Waals surface area contributed by atoms with Crippen LogP contribution in [-0.4, -0.2) is 26.3 Å². The number of hydrogen-bond donors (Lipinski definition) is 2. The van der Waals surface area contributed by atoms with Gasteiger partial charge in [0.25, 0.3) is 0 Å². The van der Waals surface area contributed by atoms with Crippen molar-refractivity contribution >= 4 is 23.5 Å². The molecule has 0 aromatic carbocycles. The van der Waals surface area contributed by atoms with Gasteiger partial charge in [-0.2, -0.15) is 8.78 Å². The number of aromatic nitrogens is 2. The smallest absolute Gasteiger partial charge is 0.394 e. The molecule has 8 heteroatoms. The fourth-order valence-corrected chi connectivity index (χ4v) is 1.18. The van der Waals surface area contributed by atoms with Crippen LogP contribution in [0.15, 0.2) is 17.4 Å². The quantitative estimate of drug-likeness (QED) is 0.735. The number of thioether (sulfide) groups is 1. The average Bonchev–Trinajstić information content (AvgIpc) is 2.08. The number of rotatable bonds is 3. The standard InChI is InChI=1S/C6H5F2N3O2S/c7-6(8,5(12)13)14-4-3(9)10-1-2-11-4/h1-2H,(H2,9,10)(H,12,13). The lowest BCUT2D eigenvalue weighted by Gasteiger charge is -2.09. The van der Waals surface area contributed by atoms with Gasteiger partial charge in [0.05, 0.1) is 0 Å². The van der Waals surface area contributed by atoms with Crippen molar-refractivity contribution in [2.24, 2.45) is 0 Å². The highest BCUT2D eigenvalue weighted by atomic mass is 32.2. The molecule has 76 valence electrons. The zero-order chi connectivity index (χ0) is 10.8. The fraction of sp³-hybridized carbons (Fsp3) is 0.167. The van der Waals surface area contributed by atoms with Gasteiger partial charge < -0.3 is 10.8 Å². The first kappa shape index (κ1) is 10.6. The summed E-state index contributed by atoms with van der Waals surface area (Å²) in [7, 11) is 0. The van der Waals surface area contributed by atoms with Crippen LogP contribution in [0.1, 0.15) is 0 Å². The van der Waals surface area contributed by atoms with E-state index in [9.17, 15) is 13.6 Å². The maximum atomic E-state index is 12.7. The summed E-state index contributed by atoms with van der Waals surface area (Å²) < 4.78 is 25.3. The van der Waals surface area contributed by atoms with Gasteiger partial charge in [0, 0.05) is 12.4 Å². The number of aliphatic carboxylic acids is 1. The van der Waals surface area contributed by atoms with E-state index in [0.717, 1.165) is 6.20 Å². The summed E-state index contributed by atoms with van der Waals surface area (Å²) >= 11 is -0.251. The van der Waals surface area contributed by atoms with Gasteiger partial charge in [-0.15, -0.1) is 0 Å². The summed E-state index contributed by atoms with van der Waals surface area (Å²) in [4.78, 5) is 17.0. The Labute approximate surface area is 81.4 Å². The first-order chi connectivity index (χ1) is 6.43. The van der Waals surface area contributed by atoms with E-state index >= 15 is 0 Å². The lowest BCUT2D eigenvalue weighted by atomic mass is 10.7. The Kier molecular flexibility index (Phi) is 2.84. The molecule has 0 atom stereocenters. The van der Waals surface area contributed by atoms with E-state index < -0.39 is 11.2 Å². The third kappa shape index (κ3) is 2.28. The molecule has 0 bridgehead atoms. The van der Waals surface area contributed by atoms with Crippen LogP contribution in [0.3, 0.4) is 0 Å². The topological polar surface area (TPSA) is 89.1 Å². The summed E-state index contributed by atoms with van der Waals surface area (Å²) in [5.74, 6) is -2.47. The number of carboxylic acids is 1. The van der Waals surface area contributed by atoms with E-state index in [1.807, 2.05) is 0 Å². The average molecular weight is 221 g/mol. The van der Waals surface area contributed by atoms with E-state index in [1.54, 1.807) is 0 Å². The van der Waals surface area contributed by atoms with Crippen molar-refractivity contribution in [2.45, 2.75) is 10.3 Å². The normalized spacial score (nSPS) is 11.3. The molecule has 3 N–H and O–H groups in total.